The Morgan fingerprint density at radius 3 is 1.31 bits per heavy atom. The van der Waals surface area contributed by atoms with Gasteiger partial charge in [-0.15, -0.1) is 0 Å². The predicted octanol–water partition coefficient (Wildman–Crippen LogP) is 5.52. The van der Waals surface area contributed by atoms with E-state index in [9.17, 15) is 0 Å². The third-order valence-corrected chi connectivity index (χ3v) is 1.66. The molecule has 0 aliphatic carbocycles. The highest BCUT2D eigenvalue weighted by atomic mass is 14.2. The van der Waals surface area contributed by atoms with Gasteiger partial charge in [-0.05, 0) is 17.8 Å². The molecule has 0 rings (SSSR count). The zero-order chi connectivity index (χ0) is 11.5. The molecule has 0 N–H and O–H groups in total. The molecule has 0 heteroatoms. The van der Waals surface area contributed by atoms with Crippen LogP contribution in [0.2, 0.25) is 0 Å². The van der Waals surface area contributed by atoms with Gasteiger partial charge in [0.05, 0.1) is 0 Å². The van der Waals surface area contributed by atoms with Gasteiger partial charge in [0, 0.05) is 0 Å². The molecule has 0 heterocycles. The van der Waals surface area contributed by atoms with Gasteiger partial charge in [0.2, 0.25) is 0 Å². The summed E-state index contributed by atoms with van der Waals surface area (Å²) < 4.78 is 0. The summed E-state index contributed by atoms with van der Waals surface area (Å²) in [5.41, 5.74) is 0.523. The molecule has 84 valence electrons. The van der Waals surface area contributed by atoms with Crippen LogP contribution in [0.1, 0.15) is 75.2 Å². The van der Waals surface area contributed by atoms with Gasteiger partial charge in [-0.2, -0.15) is 0 Å². The summed E-state index contributed by atoms with van der Waals surface area (Å²) in [6.45, 7) is 19.5. The van der Waals surface area contributed by atoms with Crippen LogP contribution in [0, 0.1) is 11.3 Å². The molecule has 1 atom stereocenters. The van der Waals surface area contributed by atoms with Crippen LogP contribution in [0.15, 0.2) is 0 Å². The van der Waals surface area contributed by atoms with E-state index < -0.39 is 0 Å². The second kappa shape index (κ2) is 12.0. The maximum absolute atomic E-state index is 2.32. The van der Waals surface area contributed by atoms with E-state index >= 15 is 0 Å². The van der Waals surface area contributed by atoms with Gasteiger partial charge < -0.3 is 0 Å². The molecule has 0 aliphatic heterocycles. The van der Waals surface area contributed by atoms with Crippen molar-refractivity contribution >= 4 is 0 Å². The Morgan fingerprint density at radius 2 is 1.23 bits per heavy atom. The van der Waals surface area contributed by atoms with Crippen LogP contribution in [0.5, 0.6) is 0 Å². The zero-order valence-corrected chi connectivity index (χ0v) is 11.5. The van der Waals surface area contributed by atoms with E-state index in [1.807, 2.05) is 27.7 Å². The van der Waals surface area contributed by atoms with Crippen molar-refractivity contribution < 1.29 is 0 Å². The van der Waals surface area contributed by atoms with Crippen LogP contribution < -0.4 is 0 Å². The van der Waals surface area contributed by atoms with Gasteiger partial charge in [0.15, 0.2) is 0 Å². The molecule has 0 fully saturated rings. The van der Waals surface area contributed by atoms with Crippen molar-refractivity contribution in [3.63, 3.8) is 0 Å². The number of rotatable bonds is 2. The van der Waals surface area contributed by atoms with Gasteiger partial charge in [0.1, 0.15) is 0 Å². The van der Waals surface area contributed by atoms with Crippen LogP contribution >= 0.6 is 0 Å². The molecule has 1 unspecified atom stereocenters. The lowest BCUT2D eigenvalue weighted by Crippen LogP contribution is -2.09. The highest BCUT2D eigenvalue weighted by Gasteiger charge is 2.13. The number of hydrogen-bond acceptors (Lipinski definition) is 0. The molecule has 0 spiro atoms. The normalized spacial score (nSPS) is 11.8. The van der Waals surface area contributed by atoms with Gasteiger partial charge in [-0.1, -0.05) is 68.7 Å². The first-order valence-electron chi connectivity index (χ1n) is 5.95. The first-order valence-corrected chi connectivity index (χ1v) is 5.95. The van der Waals surface area contributed by atoms with E-state index in [1.165, 1.54) is 12.8 Å². The lowest BCUT2D eigenvalue weighted by Gasteiger charge is -2.21. The molecule has 13 heavy (non-hydrogen) atoms. The predicted molar refractivity (Wildman–Crippen MR) is 66.2 cm³/mol. The SMILES string of the molecule is CC.CC.CCC(C)CC(C)(C)C. The Morgan fingerprint density at radius 1 is 0.923 bits per heavy atom. The van der Waals surface area contributed by atoms with E-state index in [4.69, 9.17) is 0 Å². The molecule has 0 saturated heterocycles. The van der Waals surface area contributed by atoms with Crippen molar-refractivity contribution in [1.29, 1.82) is 0 Å². The highest BCUT2D eigenvalue weighted by Crippen LogP contribution is 2.25. The van der Waals surface area contributed by atoms with Crippen molar-refractivity contribution in [2.45, 2.75) is 75.2 Å². The summed E-state index contributed by atoms with van der Waals surface area (Å²) in [6.07, 6.45) is 2.67. The largest absolute Gasteiger partial charge is 0.0683 e. The summed E-state index contributed by atoms with van der Waals surface area (Å²) in [5.74, 6) is 0.894. The van der Waals surface area contributed by atoms with E-state index in [2.05, 4.69) is 34.6 Å². The molecule has 0 saturated carbocycles. The Labute approximate surface area is 87.1 Å². The van der Waals surface area contributed by atoms with Crippen molar-refractivity contribution in [1.82, 2.24) is 0 Å². The first kappa shape index (κ1) is 18.7. The van der Waals surface area contributed by atoms with Crippen LogP contribution in [0.4, 0.5) is 0 Å². The molecule has 0 aromatic rings. The zero-order valence-electron chi connectivity index (χ0n) is 11.5. The Kier molecular flexibility index (Phi) is 17.3. The monoisotopic (exact) mass is 188 g/mol. The third-order valence-electron chi connectivity index (χ3n) is 1.66. The summed E-state index contributed by atoms with van der Waals surface area (Å²) >= 11 is 0. The fourth-order valence-corrected chi connectivity index (χ4v) is 1.19. The van der Waals surface area contributed by atoms with E-state index in [0.717, 1.165) is 5.92 Å². The third kappa shape index (κ3) is 24.5. The quantitative estimate of drug-likeness (QED) is 0.535. The van der Waals surface area contributed by atoms with Crippen molar-refractivity contribution in [2.24, 2.45) is 11.3 Å². The Bertz CT molecular complexity index is 66.6. The topological polar surface area (TPSA) is 0 Å². The first-order chi connectivity index (χ1) is 5.95. The van der Waals surface area contributed by atoms with E-state index in [-0.39, 0.29) is 0 Å². The fraction of sp³-hybridized carbons (Fsp3) is 1.00. The van der Waals surface area contributed by atoms with Gasteiger partial charge >= 0.3 is 0 Å². The smallest absolute Gasteiger partial charge is 0.0380 e. The van der Waals surface area contributed by atoms with E-state index in [1.54, 1.807) is 0 Å². The van der Waals surface area contributed by atoms with Gasteiger partial charge in [-0.25, -0.2) is 0 Å². The number of hydrogen-bond donors (Lipinski definition) is 0. The fourth-order valence-electron chi connectivity index (χ4n) is 1.19. The highest BCUT2D eigenvalue weighted by molar-refractivity contribution is 4.64. The van der Waals surface area contributed by atoms with Crippen molar-refractivity contribution in [3.8, 4) is 0 Å². The molecule has 0 radical (unpaired) electrons. The second-order valence-electron chi connectivity index (χ2n) is 4.28. The molecule has 0 aromatic carbocycles. The minimum atomic E-state index is 0.523. The lowest BCUT2D eigenvalue weighted by atomic mass is 9.84. The molecule has 0 bridgehead atoms. The standard InChI is InChI=1S/C9H20.2C2H6/c1-6-8(2)7-9(3,4)5;2*1-2/h8H,6-7H2,1-5H3;2*1-2H3. The van der Waals surface area contributed by atoms with Crippen LogP contribution in [-0.2, 0) is 0 Å². The molecular weight excluding hydrogens is 156 g/mol. The van der Waals surface area contributed by atoms with Crippen LogP contribution in [0.25, 0.3) is 0 Å². The summed E-state index contributed by atoms with van der Waals surface area (Å²) in [7, 11) is 0. The second-order valence-corrected chi connectivity index (χ2v) is 4.28. The van der Waals surface area contributed by atoms with Crippen LogP contribution in [-0.4, -0.2) is 0 Å². The van der Waals surface area contributed by atoms with Crippen molar-refractivity contribution in [3.05, 3.63) is 0 Å². The summed E-state index contributed by atoms with van der Waals surface area (Å²) in [5, 5.41) is 0. The van der Waals surface area contributed by atoms with Gasteiger partial charge in [-0.3, -0.25) is 0 Å². The molecule has 0 nitrogen and oxygen atoms in total. The summed E-state index contributed by atoms with van der Waals surface area (Å²) in [4.78, 5) is 0. The van der Waals surface area contributed by atoms with E-state index in [0.29, 0.717) is 5.41 Å². The van der Waals surface area contributed by atoms with Crippen molar-refractivity contribution in [2.75, 3.05) is 0 Å². The Hall–Kier alpha value is 0. The molecule has 0 aromatic heterocycles. The maximum atomic E-state index is 2.32. The minimum absolute atomic E-state index is 0.523. The molecular formula is C13H32. The van der Waals surface area contributed by atoms with Gasteiger partial charge in [0.25, 0.3) is 0 Å². The molecule has 0 amide bonds. The average molecular weight is 188 g/mol. The van der Waals surface area contributed by atoms with Crippen LogP contribution in [0.3, 0.4) is 0 Å². The molecule has 0 aliphatic rings. The minimum Gasteiger partial charge on any atom is -0.0683 e. The maximum Gasteiger partial charge on any atom is -0.0380 e. The Balaban J connectivity index is -0.000000218. The summed E-state index contributed by atoms with van der Waals surface area (Å²) in [6, 6.07) is 0. The lowest BCUT2D eigenvalue weighted by molar-refractivity contribution is 0.302. The average Bonchev–Trinajstić information content (AvgIpc) is 2.09.